The van der Waals surface area contributed by atoms with Crippen molar-refractivity contribution >= 4 is 0 Å². The molecule has 4 unspecified atom stereocenters. The molecule has 1 nitrogen and oxygen atoms in total. The van der Waals surface area contributed by atoms with E-state index < -0.39 is 17.5 Å². The second-order valence-electron chi connectivity index (χ2n) is 10.5. The summed E-state index contributed by atoms with van der Waals surface area (Å²) in [6.45, 7) is 4.05. The van der Waals surface area contributed by atoms with E-state index in [4.69, 9.17) is 4.74 Å². The van der Waals surface area contributed by atoms with Crippen molar-refractivity contribution in [1.82, 2.24) is 0 Å². The topological polar surface area (TPSA) is 9.23 Å². The van der Waals surface area contributed by atoms with E-state index in [0.717, 1.165) is 36.2 Å². The fourth-order valence-corrected chi connectivity index (χ4v) is 6.05. The number of halogens is 3. The standard InChI is InChI=1S/C33H37F3O/c1-3-5-7-8-23-9-10-27-21-28(16-15-26(27)20-23)29-14-12-24(30(34)22-29)11-13-25-17-18-31(33(36)32(25)35)37-19-6-4-2/h3-6,12,14,17-18,22-23,26-28H,7-10,15-16,19-21H2,1-2H3/b5-3+,6-4+. The van der Waals surface area contributed by atoms with Gasteiger partial charge in [-0.1, -0.05) is 48.6 Å². The van der Waals surface area contributed by atoms with Gasteiger partial charge in [0.25, 0.3) is 0 Å². The van der Waals surface area contributed by atoms with Crippen molar-refractivity contribution in [3.63, 3.8) is 0 Å². The van der Waals surface area contributed by atoms with Crippen LogP contribution in [0.1, 0.15) is 87.8 Å². The molecule has 0 aliphatic heterocycles. The maximum atomic E-state index is 15.0. The number of benzene rings is 2. The predicted molar refractivity (Wildman–Crippen MR) is 144 cm³/mol. The highest BCUT2D eigenvalue weighted by Gasteiger charge is 2.35. The zero-order valence-electron chi connectivity index (χ0n) is 21.9. The highest BCUT2D eigenvalue weighted by atomic mass is 19.2. The Balaban J connectivity index is 1.39. The van der Waals surface area contributed by atoms with Crippen LogP contribution in [-0.2, 0) is 0 Å². The van der Waals surface area contributed by atoms with Gasteiger partial charge in [0.2, 0.25) is 5.82 Å². The zero-order valence-corrected chi connectivity index (χ0v) is 21.9. The van der Waals surface area contributed by atoms with E-state index in [9.17, 15) is 13.2 Å². The summed E-state index contributed by atoms with van der Waals surface area (Å²) in [5.74, 6) is 5.28. The molecule has 0 saturated heterocycles. The molecule has 2 aromatic carbocycles. The van der Waals surface area contributed by atoms with Crippen LogP contribution in [0.2, 0.25) is 0 Å². The first-order valence-corrected chi connectivity index (χ1v) is 13.6. The Morgan fingerprint density at radius 1 is 0.838 bits per heavy atom. The van der Waals surface area contributed by atoms with E-state index in [1.807, 2.05) is 13.0 Å². The summed E-state index contributed by atoms with van der Waals surface area (Å²) in [5, 5.41) is 0. The highest BCUT2D eigenvalue weighted by Crippen LogP contribution is 2.48. The molecule has 2 aliphatic carbocycles. The lowest BCUT2D eigenvalue weighted by molar-refractivity contribution is 0.115. The Morgan fingerprint density at radius 2 is 1.57 bits per heavy atom. The summed E-state index contributed by atoms with van der Waals surface area (Å²) in [6.07, 6.45) is 17.8. The van der Waals surface area contributed by atoms with Crippen molar-refractivity contribution in [2.24, 2.45) is 17.8 Å². The molecular weight excluding hydrogens is 469 g/mol. The van der Waals surface area contributed by atoms with Gasteiger partial charge in [-0.3, -0.25) is 0 Å². The molecule has 2 saturated carbocycles. The van der Waals surface area contributed by atoms with Gasteiger partial charge in [-0.15, -0.1) is 0 Å². The quantitative estimate of drug-likeness (QED) is 0.269. The fraction of sp³-hybridized carbons (Fsp3) is 0.455. The minimum atomic E-state index is -1.09. The zero-order chi connectivity index (χ0) is 26.2. The third-order valence-electron chi connectivity index (χ3n) is 8.11. The van der Waals surface area contributed by atoms with E-state index in [2.05, 4.69) is 30.9 Å². The third-order valence-corrected chi connectivity index (χ3v) is 8.11. The molecule has 0 spiro atoms. The first-order valence-electron chi connectivity index (χ1n) is 13.6. The van der Waals surface area contributed by atoms with Gasteiger partial charge in [0, 0.05) is 0 Å². The van der Waals surface area contributed by atoms with E-state index in [1.54, 1.807) is 24.3 Å². The lowest BCUT2D eigenvalue weighted by Crippen LogP contribution is -2.30. The van der Waals surface area contributed by atoms with E-state index in [1.165, 1.54) is 50.7 Å². The predicted octanol–water partition coefficient (Wildman–Crippen LogP) is 9.11. The van der Waals surface area contributed by atoms with Gasteiger partial charge in [0.15, 0.2) is 11.6 Å². The molecule has 4 atom stereocenters. The average molecular weight is 507 g/mol. The number of allylic oxidation sites excluding steroid dienone is 3. The van der Waals surface area contributed by atoms with Gasteiger partial charge in [0.05, 0.1) is 11.1 Å². The molecule has 0 heterocycles. The Hall–Kier alpha value is -2.93. The Labute approximate surface area is 219 Å². The van der Waals surface area contributed by atoms with Gasteiger partial charge in [-0.05, 0) is 112 Å². The van der Waals surface area contributed by atoms with E-state index in [-0.39, 0.29) is 23.5 Å². The summed E-state index contributed by atoms with van der Waals surface area (Å²) in [7, 11) is 0. The van der Waals surface area contributed by atoms with Gasteiger partial charge in [-0.2, -0.15) is 4.39 Å². The van der Waals surface area contributed by atoms with Gasteiger partial charge in [0.1, 0.15) is 12.4 Å². The summed E-state index contributed by atoms with van der Waals surface area (Å²) in [6, 6.07) is 7.92. The van der Waals surface area contributed by atoms with Crippen LogP contribution >= 0.6 is 0 Å². The first-order chi connectivity index (χ1) is 18.0. The maximum absolute atomic E-state index is 15.0. The van der Waals surface area contributed by atoms with Gasteiger partial charge < -0.3 is 4.74 Å². The van der Waals surface area contributed by atoms with Crippen LogP contribution in [0.5, 0.6) is 5.75 Å². The minimum absolute atomic E-state index is 0.126. The summed E-state index contributed by atoms with van der Waals surface area (Å²) >= 11 is 0. The van der Waals surface area contributed by atoms with Crippen molar-refractivity contribution in [3.05, 3.63) is 88.8 Å². The molecule has 0 amide bonds. The normalized spacial score (nSPS) is 23.6. The number of ether oxygens (including phenoxy) is 1. The molecule has 0 radical (unpaired) electrons. The minimum Gasteiger partial charge on any atom is -0.486 e. The van der Waals surface area contributed by atoms with Gasteiger partial charge >= 0.3 is 0 Å². The van der Waals surface area contributed by atoms with Crippen molar-refractivity contribution in [2.45, 2.75) is 71.1 Å². The third kappa shape index (κ3) is 6.89. The summed E-state index contributed by atoms with van der Waals surface area (Å²) in [5.41, 5.74) is 1.09. The summed E-state index contributed by atoms with van der Waals surface area (Å²) < 4.78 is 48.9. The van der Waals surface area contributed by atoms with Crippen LogP contribution in [-0.4, -0.2) is 6.61 Å². The molecule has 0 bridgehead atoms. The molecule has 2 aromatic rings. The molecule has 196 valence electrons. The molecular formula is C33H37F3O. The van der Waals surface area contributed by atoms with Gasteiger partial charge in [-0.25, -0.2) is 8.78 Å². The number of hydrogen-bond donors (Lipinski definition) is 0. The van der Waals surface area contributed by atoms with Crippen LogP contribution in [0, 0.1) is 47.0 Å². The molecule has 0 N–H and O–H groups in total. The molecule has 0 aromatic heterocycles. The maximum Gasteiger partial charge on any atom is 0.201 e. The smallest absolute Gasteiger partial charge is 0.201 e. The fourth-order valence-electron chi connectivity index (χ4n) is 6.05. The second-order valence-corrected chi connectivity index (χ2v) is 10.5. The average Bonchev–Trinajstić information content (AvgIpc) is 2.91. The van der Waals surface area contributed by atoms with Crippen molar-refractivity contribution < 1.29 is 17.9 Å². The number of rotatable bonds is 7. The molecule has 37 heavy (non-hydrogen) atoms. The Bertz CT molecular complexity index is 1190. The molecule has 2 fully saturated rings. The summed E-state index contributed by atoms with van der Waals surface area (Å²) in [4.78, 5) is 0. The van der Waals surface area contributed by atoms with Crippen LogP contribution in [0.3, 0.4) is 0 Å². The van der Waals surface area contributed by atoms with E-state index >= 15 is 0 Å². The largest absolute Gasteiger partial charge is 0.486 e. The monoisotopic (exact) mass is 506 g/mol. The van der Waals surface area contributed by atoms with Crippen molar-refractivity contribution in [2.75, 3.05) is 6.61 Å². The molecule has 4 heteroatoms. The highest BCUT2D eigenvalue weighted by molar-refractivity contribution is 5.47. The first kappa shape index (κ1) is 27.1. The number of hydrogen-bond acceptors (Lipinski definition) is 1. The van der Waals surface area contributed by atoms with Crippen LogP contribution in [0.25, 0.3) is 0 Å². The number of fused-ring (bicyclic) bond motifs is 1. The van der Waals surface area contributed by atoms with Crippen LogP contribution < -0.4 is 4.74 Å². The Morgan fingerprint density at radius 3 is 2.35 bits per heavy atom. The lowest BCUT2D eigenvalue weighted by Gasteiger charge is -2.42. The molecule has 4 rings (SSSR count). The van der Waals surface area contributed by atoms with Crippen LogP contribution in [0.4, 0.5) is 13.2 Å². The second kappa shape index (κ2) is 13.0. The van der Waals surface area contributed by atoms with Crippen molar-refractivity contribution in [1.29, 1.82) is 0 Å². The Kier molecular flexibility index (Phi) is 9.56. The lowest BCUT2D eigenvalue weighted by atomic mass is 9.63. The molecule has 2 aliphatic rings. The van der Waals surface area contributed by atoms with Crippen molar-refractivity contribution in [3.8, 4) is 17.6 Å². The van der Waals surface area contributed by atoms with Crippen LogP contribution in [0.15, 0.2) is 54.6 Å². The van der Waals surface area contributed by atoms with E-state index in [0.29, 0.717) is 5.92 Å². The SMILES string of the molecule is C/C=C/CCC1CCC2CC(c3ccc(C#Cc4ccc(OC/C=C/C)c(F)c4F)c(F)c3)CCC2C1.